The topological polar surface area (TPSA) is 70.8 Å². The van der Waals surface area contributed by atoms with Crippen LogP contribution in [0.3, 0.4) is 0 Å². The Morgan fingerprint density at radius 1 is 1.05 bits per heavy atom. The minimum absolute atomic E-state index is 0.425. The molecule has 19 heavy (non-hydrogen) atoms. The summed E-state index contributed by atoms with van der Waals surface area (Å²) in [6.45, 7) is 2.58. The van der Waals surface area contributed by atoms with Gasteiger partial charge in [-0.1, -0.05) is 12.1 Å². The lowest BCUT2D eigenvalue weighted by Gasteiger charge is -2.07. The first-order valence-electron chi connectivity index (χ1n) is 6.13. The van der Waals surface area contributed by atoms with Crippen molar-refractivity contribution in [2.45, 2.75) is 4.90 Å². The van der Waals surface area contributed by atoms with E-state index in [2.05, 4.69) is 0 Å². The molecule has 5 nitrogen and oxygen atoms in total. The lowest BCUT2D eigenvalue weighted by Crippen LogP contribution is -2.12. The largest absolute Gasteiger partial charge is 0.398 e. The number of ether oxygens (including phenoxy) is 3. The first-order valence-corrected chi connectivity index (χ1v) is 7.45. The Bertz CT molecular complexity index is 387. The summed E-state index contributed by atoms with van der Waals surface area (Å²) in [5.41, 5.74) is 6.31. The number of rotatable bonds is 10. The third-order valence-electron chi connectivity index (χ3n) is 2.38. The van der Waals surface area contributed by atoms with Crippen molar-refractivity contribution in [3.05, 3.63) is 24.3 Å². The summed E-state index contributed by atoms with van der Waals surface area (Å²) in [6.07, 6.45) is 0. The molecule has 0 aliphatic carbocycles. The minimum atomic E-state index is -1.12. The van der Waals surface area contributed by atoms with E-state index in [4.69, 9.17) is 19.9 Å². The van der Waals surface area contributed by atoms with Crippen LogP contribution in [0.25, 0.3) is 0 Å². The molecule has 6 heteroatoms. The molecular formula is C13H21NO4S. The molecule has 0 fully saturated rings. The zero-order chi connectivity index (χ0) is 13.9. The van der Waals surface area contributed by atoms with E-state index in [9.17, 15) is 4.21 Å². The molecule has 1 rings (SSSR count). The van der Waals surface area contributed by atoms with Gasteiger partial charge >= 0.3 is 0 Å². The van der Waals surface area contributed by atoms with Gasteiger partial charge in [0.25, 0.3) is 0 Å². The van der Waals surface area contributed by atoms with Crippen LogP contribution in [-0.2, 0) is 25.0 Å². The van der Waals surface area contributed by atoms with Gasteiger partial charge in [-0.05, 0) is 12.1 Å². The highest BCUT2D eigenvalue weighted by Gasteiger charge is 2.06. The predicted molar refractivity (Wildman–Crippen MR) is 75.6 cm³/mol. The monoisotopic (exact) mass is 287 g/mol. The highest BCUT2D eigenvalue weighted by atomic mass is 32.2. The number of benzene rings is 1. The molecule has 1 unspecified atom stereocenters. The second-order valence-corrected chi connectivity index (χ2v) is 5.34. The molecule has 1 atom stereocenters. The van der Waals surface area contributed by atoms with Crippen molar-refractivity contribution in [1.29, 1.82) is 0 Å². The molecule has 0 spiro atoms. The molecule has 0 saturated carbocycles. The van der Waals surface area contributed by atoms with Gasteiger partial charge < -0.3 is 19.9 Å². The Morgan fingerprint density at radius 2 is 1.68 bits per heavy atom. The van der Waals surface area contributed by atoms with E-state index in [-0.39, 0.29) is 0 Å². The van der Waals surface area contributed by atoms with E-state index in [1.165, 1.54) is 0 Å². The molecule has 0 radical (unpaired) electrons. The van der Waals surface area contributed by atoms with Crippen LogP contribution in [-0.4, -0.2) is 50.1 Å². The molecule has 0 heterocycles. The van der Waals surface area contributed by atoms with Gasteiger partial charge in [0.05, 0.1) is 54.5 Å². The first-order chi connectivity index (χ1) is 9.25. The normalized spacial score (nSPS) is 12.5. The van der Waals surface area contributed by atoms with Crippen LogP contribution in [0.4, 0.5) is 5.69 Å². The average molecular weight is 287 g/mol. The van der Waals surface area contributed by atoms with Crippen LogP contribution in [0.5, 0.6) is 0 Å². The maximum Gasteiger partial charge on any atom is 0.0701 e. The van der Waals surface area contributed by atoms with E-state index >= 15 is 0 Å². The molecule has 108 valence electrons. The molecule has 2 N–H and O–H groups in total. The highest BCUT2D eigenvalue weighted by Crippen LogP contribution is 2.15. The molecule has 1 aromatic rings. The van der Waals surface area contributed by atoms with Gasteiger partial charge in [-0.15, -0.1) is 0 Å². The number of para-hydroxylation sites is 1. The van der Waals surface area contributed by atoms with Crippen molar-refractivity contribution in [3.8, 4) is 0 Å². The van der Waals surface area contributed by atoms with Crippen molar-refractivity contribution in [1.82, 2.24) is 0 Å². The van der Waals surface area contributed by atoms with Crippen molar-refractivity contribution in [2.24, 2.45) is 0 Å². The summed E-state index contributed by atoms with van der Waals surface area (Å²) < 4.78 is 27.4. The standard InChI is InChI=1S/C13H21NO4S/c1-16-6-7-17-8-9-18-10-11-19(15)13-5-3-2-4-12(13)14/h2-5H,6-11,14H2,1H3. The number of nitrogens with two attached hydrogens (primary N) is 1. The minimum Gasteiger partial charge on any atom is -0.398 e. The molecule has 0 bridgehead atoms. The number of hydrogen-bond acceptors (Lipinski definition) is 5. The third kappa shape index (κ3) is 6.68. The molecule has 0 saturated heterocycles. The number of methoxy groups -OCH3 is 1. The Morgan fingerprint density at radius 3 is 2.37 bits per heavy atom. The summed E-state index contributed by atoms with van der Waals surface area (Å²) in [4.78, 5) is 0.669. The van der Waals surface area contributed by atoms with E-state index in [1.807, 2.05) is 12.1 Å². The quantitative estimate of drug-likeness (QED) is 0.514. The fourth-order valence-electron chi connectivity index (χ4n) is 1.40. The Kier molecular flexibility index (Phi) is 8.40. The lowest BCUT2D eigenvalue weighted by atomic mass is 10.3. The summed E-state index contributed by atoms with van der Waals surface area (Å²) in [6, 6.07) is 7.18. The molecule has 0 aromatic heterocycles. The van der Waals surface area contributed by atoms with Crippen LogP contribution in [0, 0.1) is 0 Å². The zero-order valence-corrected chi connectivity index (χ0v) is 12.0. The summed E-state index contributed by atoms with van der Waals surface area (Å²) in [5.74, 6) is 0.437. The van der Waals surface area contributed by atoms with Crippen LogP contribution in [0.1, 0.15) is 0 Å². The highest BCUT2D eigenvalue weighted by molar-refractivity contribution is 7.85. The SMILES string of the molecule is COCCOCCOCCS(=O)c1ccccc1N. The van der Waals surface area contributed by atoms with Crippen LogP contribution in [0.2, 0.25) is 0 Å². The summed E-state index contributed by atoms with van der Waals surface area (Å²) in [7, 11) is 0.513. The van der Waals surface area contributed by atoms with Crippen LogP contribution in [0.15, 0.2) is 29.2 Å². The fourth-order valence-corrected chi connectivity index (χ4v) is 2.45. The van der Waals surface area contributed by atoms with E-state index in [0.717, 1.165) is 0 Å². The number of anilines is 1. The van der Waals surface area contributed by atoms with Crippen molar-refractivity contribution < 1.29 is 18.4 Å². The smallest absolute Gasteiger partial charge is 0.0701 e. The Balaban J connectivity index is 2.10. The van der Waals surface area contributed by atoms with Gasteiger partial charge in [0, 0.05) is 12.8 Å². The summed E-state index contributed by atoms with van der Waals surface area (Å²) in [5, 5.41) is 0. The van der Waals surface area contributed by atoms with Crippen molar-refractivity contribution >= 4 is 16.5 Å². The van der Waals surface area contributed by atoms with Gasteiger partial charge in [-0.2, -0.15) is 0 Å². The van der Waals surface area contributed by atoms with Crippen LogP contribution >= 0.6 is 0 Å². The molecule has 0 aliphatic rings. The van der Waals surface area contributed by atoms with Gasteiger partial charge in [0.15, 0.2) is 0 Å². The Hall–Kier alpha value is -0.950. The number of hydrogen-bond donors (Lipinski definition) is 1. The Labute approximate surface area is 116 Å². The van der Waals surface area contributed by atoms with Gasteiger partial charge in [0.2, 0.25) is 0 Å². The third-order valence-corrected chi connectivity index (χ3v) is 3.78. The van der Waals surface area contributed by atoms with Crippen molar-refractivity contribution in [3.63, 3.8) is 0 Å². The summed E-state index contributed by atoms with van der Waals surface area (Å²) >= 11 is 0. The van der Waals surface area contributed by atoms with Gasteiger partial charge in [0.1, 0.15) is 0 Å². The van der Waals surface area contributed by atoms with Crippen LogP contribution < -0.4 is 5.73 Å². The lowest BCUT2D eigenvalue weighted by molar-refractivity contribution is 0.0285. The number of nitrogen functional groups attached to an aromatic ring is 1. The molecular weight excluding hydrogens is 266 g/mol. The van der Waals surface area contributed by atoms with E-state index in [1.54, 1.807) is 19.2 Å². The predicted octanol–water partition coefficient (Wildman–Crippen LogP) is 1.06. The molecule has 0 aliphatic heterocycles. The van der Waals surface area contributed by atoms with Gasteiger partial charge in [-0.25, -0.2) is 0 Å². The van der Waals surface area contributed by atoms with E-state index in [0.29, 0.717) is 49.4 Å². The first kappa shape index (κ1) is 16.1. The molecule has 1 aromatic carbocycles. The van der Waals surface area contributed by atoms with E-state index < -0.39 is 10.8 Å². The second kappa shape index (κ2) is 9.91. The maximum absolute atomic E-state index is 11.9. The van der Waals surface area contributed by atoms with Crippen molar-refractivity contribution in [2.75, 3.05) is 51.6 Å². The fraction of sp³-hybridized carbons (Fsp3) is 0.538. The zero-order valence-electron chi connectivity index (χ0n) is 11.2. The average Bonchev–Trinajstić information content (AvgIpc) is 2.42. The van der Waals surface area contributed by atoms with Gasteiger partial charge in [-0.3, -0.25) is 4.21 Å². The molecule has 0 amide bonds. The second-order valence-electron chi connectivity index (χ2n) is 3.81. The maximum atomic E-state index is 11.9.